The first-order valence-corrected chi connectivity index (χ1v) is 7.24. The number of nitrogens with one attached hydrogen (secondary N) is 1. The van der Waals surface area contributed by atoms with Crippen molar-refractivity contribution in [1.82, 2.24) is 14.8 Å². The smallest absolute Gasteiger partial charge is 0.338 e. The Morgan fingerprint density at radius 3 is 2.80 bits per heavy atom. The van der Waals surface area contributed by atoms with Crippen LogP contribution in [0.2, 0.25) is 0 Å². The van der Waals surface area contributed by atoms with E-state index in [0.29, 0.717) is 5.69 Å². The van der Waals surface area contributed by atoms with Crippen molar-refractivity contribution in [2.75, 3.05) is 12.4 Å². The van der Waals surface area contributed by atoms with E-state index < -0.39 is 17.7 Å². The van der Waals surface area contributed by atoms with Crippen LogP contribution in [-0.4, -0.2) is 33.8 Å². The SMILES string of the molecule is COC(=O)c1ccnc(NC(=O)c2ccn(-c3cccc(F)c3)n2)c1. The van der Waals surface area contributed by atoms with E-state index in [1.807, 2.05) is 0 Å². The van der Waals surface area contributed by atoms with Gasteiger partial charge in [-0.1, -0.05) is 6.07 Å². The molecular formula is C17H13FN4O3. The summed E-state index contributed by atoms with van der Waals surface area (Å²) in [6.45, 7) is 0. The monoisotopic (exact) mass is 340 g/mol. The van der Waals surface area contributed by atoms with Crippen molar-refractivity contribution < 1.29 is 18.7 Å². The minimum absolute atomic E-state index is 0.120. The number of hydrogen-bond donors (Lipinski definition) is 1. The summed E-state index contributed by atoms with van der Waals surface area (Å²) >= 11 is 0. The van der Waals surface area contributed by atoms with E-state index in [4.69, 9.17) is 0 Å². The number of aromatic nitrogens is 3. The molecule has 0 aliphatic rings. The lowest BCUT2D eigenvalue weighted by Gasteiger charge is -2.04. The van der Waals surface area contributed by atoms with E-state index >= 15 is 0 Å². The third-order valence-electron chi connectivity index (χ3n) is 3.32. The molecule has 8 heteroatoms. The Balaban J connectivity index is 1.77. The predicted molar refractivity (Wildman–Crippen MR) is 87.1 cm³/mol. The highest BCUT2D eigenvalue weighted by molar-refractivity contribution is 6.02. The van der Waals surface area contributed by atoms with Crippen LogP contribution in [0.15, 0.2) is 54.9 Å². The van der Waals surface area contributed by atoms with Crippen molar-refractivity contribution in [2.24, 2.45) is 0 Å². The summed E-state index contributed by atoms with van der Waals surface area (Å²) in [5.41, 5.74) is 0.873. The number of amides is 1. The van der Waals surface area contributed by atoms with Gasteiger partial charge in [0, 0.05) is 12.4 Å². The van der Waals surface area contributed by atoms with Crippen LogP contribution < -0.4 is 5.32 Å². The number of benzene rings is 1. The molecule has 0 spiro atoms. The molecule has 1 amide bonds. The molecule has 0 aliphatic carbocycles. The van der Waals surface area contributed by atoms with Crippen LogP contribution >= 0.6 is 0 Å². The molecule has 0 atom stereocenters. The Morgan fingerprint density at radius 2 is 2.04 bits per heavy atom. The molecule has 0 saturated heterocycles. The van der Waals surface area contributed by atoms with Crippen molar-refractivity contribution in [3.8, 4) is 5.69 Å². The minimum atomic E-state index is -0.534. The van der Waals surface area contributed by atoms with Gasteiger partial charge in [0.25, 0.3) is 5.91 Å². The fourth-order valence-electron chi connectivity index (χ4n) is 2.13. The second-order valence-corrected chi connectivity index (χ2v) is 5.00. The van der Waals surface area contributed by atoms with Gasteiger partial charge in [0.2, 0.25) is 0 Å². The van der Waals surface area contributed by atoms with E-state index in [2.05, 4.69) is 20.1 Å². The van der Waals surface area contributed by atoms with Gasteiger partial charge in [-0.3, -0.25) is 4.79 Å². The van der Waals surface area contributed by atoms with Gasteiger partial charge in [0.15, 0.2) is 5.69 Å². The fourth-order valence-corrected chi connectivity index (χ4v) is 2.13. The van der Waals surface area contributed by atoms with Gasteiger partial charge >= 0.3 is 5.97 Å². The molecule has 25 heavy (non-hydrogen) atoms. The summed E-state index contributed by atoms with van der Waals surface area (Å²) in [6, 6.07) is 10.2. The zero-order valence-corrected chi connectivity index (χ0v) is 13.1. The molecule has 0 fully saturated rings. The lowest BCUT2D eigenvalue weighted by atomic mass is 10.2. The van der Waals surface area contributed by atoms with Gasteiger partial charge in [0.05, 0.1) is 18.4 Å². The van der Waals surface area contributed by atoms with Crippen LogP contribution in [-0.2, 0) is 4.74 Å². The van der Waals surface area contributed by atoms with Crippen molar-refractivity contribution >= 4 is 17.7 Å². The van der Waals surface area contributed by atoms with Crippen LogP contribution in [0.1, 0.15) is 20.8 Å². The maximum absolute atomic E-state index is 13.3. The molecule has 3 rings (SSSR count). The number of carbonyl (C=O) groups excluding carboxylic acids is 2. The Morgan fingerprint density at radius 1 is 1.20 bits per heavy atom. The predicted octanol–water partition coefficient (Wildman–Crippen LogP) is 2.45. The molecular weight excluding hydrogens is 327 g/mol. The third kappa shape index (κ3) is 3.69. The van der Waals surface area contributed by atoms with Crippen molar-refractivity contribution in [3.63, 3.8) is 0 Å². The second-order valence-electron chi connectivity index (χ2n) is 5.00. The molecule has 0 unspecified atom stereocenters. The van der Waals surface area contributed by atoms with Gasteiger partial charge in [-0.25, -0.2) is 18.9 Å². The standard InChI is InChI=1S/C17H13FN4O3/c1-25-17(24)11-5-7-19-15(9-11)20-16(23)14-6-8-22(21-14)13-4-2-3-12(18)10-13/h2-10H,1H3,(H,19,20,23). The number of hydrogen-bond acceptors (Lipinski definition) is 5. The highest BCUT2D eigenvalue weighted by Crippen LogP contribution is 2.12. The number of ether oxygens (including phenoxy) is 1. The van der Waals surface area contributed by atoms with Gasteiger partial charge in [-0.15, -0.1) is 0 Å². The number of esters is 1. The van der Waals surface area contributed by atoms with Crippen molar-refractivity contribution in [3.05, 3.63) is 71.9 Å². The summed E-state index contributed by atoms with van der Waals surface area (Å²) in [5.74, 6) is -1.26. The number of halogens is 1. The maximum atomic E-state index is 13.3. The van der Waals surface area contributed by atoms with Gasteiger partial charge in [-0.2, -0.15) is 5.10 Å². The molecule has 3 aromatic rings. The average Bonchev–Trinajstić information content (AvgIpc) is 3.11. The number of carbonyl (C=O) groups is 2. The summed E-state index contributed by atoms with van der Waals surface area (Å²) < 4.78 is 19.3. The molecule has 0 radical (unpaired) electrons. The number of pyridine rings is 1. The van der Waals surface area contributed by atoms with Gasteiger partial charge in [0.1, 0.15) is 11.6 Å². The molecule has 1 N–H and O–H groups in total. The Bertz CT molecular complexity index is 939. The summed E-state index contributed by atoms with van der Waals surface area (Å²) in [7, 11) is 1.26. The zero-order valence-electron chi connectivity index (χ0n) is 13.1. The van der Waals surface area contributed by atoms with Crippen molar-refractivity contribution in [2.45, 2.75) is 0 Å². The number of nitrogens with zero attached hydrogens (tertiary/aromatic N) is 3. The second kappa shape index (κ2) is 6.91. The van der Waals surface area contributed by atoms with Crippen LogP contribution in [0, 0.1) is 5.82 Å². The lowest BCUT2D eigenvalue weighted by Crippen LogP contribution is -2.15. The Labute approximate surface area is 142 Å². The largest absolute Gasteiger partial charge is 0.465 e. The average molecular weight is 340 g/mol. The maximum Gasteiger partial charge on any atom is 0.338 e. The molecule has 0 saturated carbocycles. The lowest BCUT2D eigenvalue weighted by molar-refractivity contribution is 0.0600. The van der Waals surface area contributed by atoms with E-state index in [1.54, 1.807) is 18.3 Å². The number of methoxy groups -OCH3 is 1. The summed E-state index contributed by atoms with van der Waals surface area (Å²) in [5, 5.41) is 6.66. The summed E-state index contributed by atoms with van der Waals surface area (Å²) in [6.07, 6.45) is 2.93. The van der Waals surface area contributed by atoms with E-state index in [-0.39, 0.29) is 17.1 Å². The first-order valence-electron chi connectivity index (χ1n) is 7.24. The molecule has 126 valence electrons. The topological polar surface area (TPSA) is 86.1 Å². The molecule has 1 aromatic carbocycles. The zero-order chi connectivity index (χ0) is 17.8. The summed E-state index contributed by atoms with van der Waals surface area (Å²) in [4.78, 5) is 27.7. The van der Waals surface area contributed by atoms with Crippen molar-refractivity contribution in [1.29, 1.82) is 0 Å². The number of anilines is 1. The molecule has 0 bridgehead atoms. The highest BCUT2D eigenvalue weighted by Gasteiger charge is 2.13. The van der Waals surface area contributed by atoms with Gasteiger partial charge in [-0.05, 0) is 36.4 Å². The third-order valence-corrected chi connectivity index (χ3v) is 3.32. The van der Waals surface area contributed by atoms with E-state index in [9.17, 15) is 14.0 Å². The Kier molecular flexibility index (Phi) is 4.51. The molecule has 2 aromatic heterocycles. The fraction of sp³-hybridized carbons (Fsp3) is 0.0588. The van der Waals surface area contributed by atoms with E-state index in [0.717, 1.165) is 0 Å². The first kappa shape index (κ1) is 16.3. The van der Waals surface area contributed by atoms with Crippen LogP contribution in [0.4, 0.5) is 10.2 Å². The normalized spacial score (nSPS) is 10.3. The quantitative estimate of drug-likeness (QED) is 0.737. The highest BCUT2D eigenvalue weighted by atomic mass is 19.1. The minimum Gasteiger partial charge on any atom is -0.465 e. The molecule has 2 heterocycles. The first-order chi connectivity index (χ1) is 12.1. The molecule has 7 nitrogen and oxygen atoms in total. The molecule has 0 aliphatic heterocycles. The van der Waals surface area contributed by atoms with Crippen LogP contribution in [0.5, 0.6) is 0 Å². The van der Waals surface area contributed by atoms with Crippen LogP contribution in [0.25, 0.3) is 5.69 Å². The number of rotatable bonds is 4. The Hall–Kier alpha value is -3.55. The van der Waals surface area contributed by atoms with Gasteiger partial charge < -0.3 is 10.1 Å². The van der Waals surface area contributed by atoms with Crippen LogP contribution in [0.3, 0.4) is 0 Å². The van der Waals surface area contributed by atoms with E-state index in [1.165, 1.54) is 48.3 Å².